The van der Waals surface area contributed by atoms with Gasteiger partial charge in [0, 0.05) is 5.02 Å². The molecule has 134 valence electrons. The highest BCUT2D eigenvalue weighted by atomic mass is 35.5. The summed E-state index contributed by atoms with van der Waals surface area (Å²) in [6, 6.07) is 14.6. The summed E-state index contributed by atoms with van der Waals surface area (Å²) in [6.45, 7) is 6.43. The second kappa shape index (κ2) is 9.33. The molecule has 0 bridgehead atoms. The van der Waals surface area contributed by atoms with Crippen LogP contribution in [0.4, 0.5) is 0 Å². The smallest absolute Gasteiger partial charge is 0.261 e. The van der Waals surface area contributed by atoms with Crippen molar-refractivity contribution in [3.05, 3.63) is 59.1 Å². The van der Waals surface area contributed by atoms with Crippen molar-refractivity contribution in [2.45, 2.75) is 39.3 Å². The van der Waals surface area contributed by atoms with Gasteiger partial charge in [-0.05, 0) is 56.2 Å². The molecule has 0 radical (unpaired) electrons. The molecule has 2 atom stereocenters. The molecular formula is C20H24ClNO3. The number of rotatable bonds is 8. The Morgan fingerprint density at radius 3 is 2.44 bits per heavy atom. The molecule has 0 unspecified atom stereocenters. The lowest BCUT2D eigenvalue weighted by Crippen LogP contribution is -2.39. The van der Waals surface area contributed by atoms with Gasteiger partial charge in [-0.2, -0.15) is 0 Å². The van der Waals surface area contributed by atoms with Crippen LogP contribution in [0.5, 0.6) is 11.5 Å². The van der Waals surface area contributed by atoms with Crippen LogP contribution >= 0.6 is 11.6 Å². The molecule has 0 fully saturated rings. The predicted molar refractivity (Wildman–Crippen MR) is 100 cm³/mol. The van der Waals surface area contributed by atoms with E-state index in [1.807, 2.05) is 45.0 Å². The van der Waals surface area contributed by atoms with E-state index in [-0.39, 0.29) is 11.9 Å². The molecule has 25 heavy (non-hydrogen) atoms. The van der Waals surface area contributed by atoms with Gasteiger partial charge < -0.3 is 14.8 Å². The van der Waals surface area contributed by atoms with Crippen LogP contribution in [0.3, 0.4) is 0 Å². The first-order chi connectivity index (χ1) is 12.0. The van der Waals surface area contributed by atoms with Crippen LogP contribution < -0.4 is 14.8 Å². The van der Waals surface area contributed by atoms with Gasteiger partial charge in [0.1, 0.15) is 11.5 Å². The van der Waals surface area contributed by atoms with Gasteiger partial charge in [-0.25, -0.2) is 0 Å². The molecule has 0 saturated heterocycles. The van der Waals surface area contributed by atoms with Gasteiger partial charge in [0.15, 0.2) is 6.10 Å². The lowest BCUT2D eigenvalue weighted by molar-refractivity contribution is -0.128. The quantitative estimate of drug-likeness (QED) is 0.736. The van der Waals surface area contributed by atoms with Crippen LogP contribution in [0.25, 0.3) is 0 Å². The molecule has 0 saturated carbocycles. The molecule has 0 aliphatic heterocycles. The van der Waals surface area contributed by atoms with E-state index < -0.39 is 6.10 Å². The Balaban J connectivity index is 1.98. The summed E-state index contributed by atoms with van der Waals surface area (Å²) in [5, 5.41) is 3.57. The zero-order chi connectivity index (χ0) is 18.2. The summed E-state index contributed by atoms with van der Waals surface area (Å²) in [5.74, 6) is 1.26. The SMILES string of the molecule is CCOc1ccc([C@@H](C)NC(=O)[C@@H](CC)Oc2cccc(Cl)c2)cc1. The fourth-order valence-electron chi connectivity index (χ4n) is 2.44. The van der Waals surface area contributed by atoms with Crippen molar-refractivity contribution in [2.24, 2.45) is 0 Å². The fraction of sp³-hybridized carbons (Fsp3) is 0.350. The van der Waals surface area contributed by atoms with Gasteiger partial charge in [0.05, 0.1) is 12.6 Å². The van der Waals surface area contributed by atoms with Crippen LogP contribution in [0.1, 0.15) is 38.8 Å². The molecule has 1 N–H and O–H groups in total. The molecule has 0 heterocycles. The van der Waals surface area contributed by atoms with E-state index >= 15 is 0 Å². The largest absolute Gasteiger partial charge is 0.494 e. The Kier molecular flexibility index (Phi) is 7.14. The number of benzene rings is 2. The fourth-order valence-corrected chi connectivity index (χ4v) is 2.62. The number of hydrogen-bond acceptors (Lipinski definition) is 3. The minimum atomic E-state index is -0.566. The maximum absolute atomic E-state index is 12.5. The molecular weight excluding hydrogens is 338 g/mol. The summed E-state index contributed by atoms with van der Waals surface area (Å²) in [5.41, 5.74) is 1.01. The van der Waals surface area contributed by atoms with Gasteiger partial charge in [0.25, 0.3) is 5.91 Å². The van der Waals surface area contributed by atoms with Crippen LogP contribution in [0.2, 0.25) is 5.02 Å². The second-order valence-corrected chi connectivity index (χ2v) is 6.14. The molecule has 0 aliphatic rings. The standard InChI is InChI=1S/C20H24ClNO3/c1-4-19(25-18-8-6-7-16(21)13-18)20(23)22-14(3)15-9-11-17(12-10-15)24-5-2/h6-14,19H,4-5H2,1-3H3,(H,22,23)/t14-,19-/m1/s1. The van der Waals surface area contributed by atoms with E-state index in [4.69, 9.17) is 21.1 Å². The van der Waals surface area contributed by atoms with Crippen LogP contribution in [0.15, 0.2) is 48.5 Å². The average Bonchev–Trinajstić information content (AvgIpc) is 2.60. The van der Waals surface area contributed by atoms with Gasteiger partial charge >= 0.3 is 0 Å². The second-order valence-electron chi connectivity index (χ2n) is 5.70. The topological polar surface area (TPSA) is 47.6 Å². The monoisotopic (exact) mass is 361 g/mol. The first-order valence-electron chi connectivity index (χ1n) is 8.48. The van der Waals surface area contributed by atoms with Crippen molar-refractivity contribution in [2.75, 3.05) is 6.61 Å². The minimum Gasteiger partial charge on any atom is -0.494 e. The van der Waals surface area contributed by atoms with E-state index in [1.54, 1.807) is 24.3 Å². The summed E-state index contributed by atoms with van der Waals surface area (Å²) in [7, 11) is 0. The molecule has 5 heteroatoms. The van der Waals surface area contributed by atoms with Crippen molar-refractivity contribution < 1.29 is 14.3 Å². The van der Waals surface area contributed by atoms with Crippen LogP contribution in [-0.4, -0.2) is 18.6 Å². The number of halogens is 1. The number of carbonyl (C=O) groups is 1. The minimum absolute atomic E-state index is 0.125. The normalized spacial score (nSPS) is 13.0. The molecule has 0 aliphatic carbocycles. The molecule has 2 rings (SSSR count). The van der Waals surface area contributed by atoms with Crippen LogP contribution in [0, 0.1) is 0 Å². The Morgan fingerprint density at radius 2 is 1.84 bits per heavy atom. The van der Waals surface area contributed by atoms with E-state index in [1.165, 1.54) is 0 Å². The maximum Gasteiger partial charge on any atom is 0.261 e. The number of nitrogens with one attached hydrogen (secondary N) is 1. The third kappa shape index (κ3) is 5.68. The zero-order valence-corrected chi connectivity index (χ0v) is 15.5. The summed E-state index contributed by atoms with van der Waals surface area (Å²) < 4.78 is 11.2. The summed E-state index contributed by atoms with van der Waals surface area (Å²) in [6.07, 6.45) is -0.00226. The maximum atomic E-state index is 12.5. The molecule has 0 spiro atoms. The molecule has 0 aromatic heterocycles. The highest BCUT2D eigenvalue weighted by Crippen LogP contribution is 2.21. The Morgan fingerprint density at radius 1 is 1.12 bits per heavy atom. The highest BCUT2D eigenvalue weighted by Gasteiger charge is 2.20. The molecule has 2 aromatic carbocycles. The van der Waals surface area contributed by atoms with E-state index in [9.17, 15) is 4.79 Å². The lowest BCUT2D eigenvalue weighted by atomic mass is 10.1. The van der Waals surface area contributed by atoms with E-state index in [0.29, 0.717) is 23.8 Å². The first kappa shape index (κ1) is 19.1. The van der Waals surface area contributed by atoms with E-state index in [2.05, 4.69) is 5.32 Å². The van der Waals surface area contributed by atoms with Crippen LogP contribution in [-0.2, 0) is 4.79 Å². The lowest BCUT2D eigenvalue weighted by Gasteiger charge is -2.21. The average molecular weight is 362 g/mol. The predicted octanol–water partition coefficient (Wildman–Crippen LogP) is 4.77. The third-order valence-electron chi connectivity index (χ3n) is 3.79. The van der Waals surface area contributed by atoms with Gasteiger partial charge in [0.2, 0.25) is 0 Å². The van der Waals surface area contributed by atoms with Crippen molar-refractivity contribution in [3.8, 4) is 11.5 Å². The number of ether oxygens (including phenoxy) is 2. The Bertz CT molecular complexity index is 688. The third-order valence-corrected chi connectivity index (χ3v) is 4.02. The molecule has 1 amide bonds. The highest BCUT2D eigenvalue weighted by molar-refractivity contribution is 6.30. The van der Waals surface area contributed by atoms with E-state index in [0.717, 1.165) is 11.3 Å². The van der Waals surface area contributed by atoms with Crippen molar-refractivity contribution in [3.63, 3.8) is 0 Å². The zero-order valence-electron chi connectivity index (χ0n) is 14.8. The Labute approximate surface area is 154 Å². The van der Waals surface area contributed by atoms with Gasteiger partial charge in [-0.3, -0.25) is 4.79 Å². The summed E-state index contributed by atoms with van der Waals surface area (Å²) >= 11 is 5.96. The molecule has 2 aromatic rings. The first-order valence-corrected chi connectivity index (χ1v) is 8.86. The van der Waals surface area contributed by atoms with Gasteiger partial charge in [-0.1, -0.05) is 36.7 Å². The van der Waals surface area contributed by atoms with Crippen molar-refractivity contribution >= 4 is 17.5 Å². The number of amides is 1. The summed E-state index contributed by atoms with van der Waals surface area (Å²) in [4.78, 5) is 12.5. The number of carbonyl (C=O) groups excluding carboxylic acids is 1. The number of hydrogen-bond donors (Lipinski definition) is 1. The van der Waals surface area contributed by atoms with Crippen molar-refractivity contribution in [1.82, 2.24) is 5.32 Å². The van der Waals surface area contributed by atoms with Crippen molar-refractivity contribution in [1.29, 1.82) is 0 Å². The van der Waals surface area contributed by atoms with Gasteiger partial charge in [-0.15, -0.1) is 0 Å². The molecule has 4 nitrogen and oxygen atoms in total. The Hall–Kier alpha value is -2.20.